The number of hydrogen-bond donors (Lipinski definition) is 1. The first-order chi connectivity index (χ1) is 13.1. The summed E-state index contributed by atoms with van der Waals surface area (Å²) in [6.45, 7) is 3.50. The molecule has 0 unspecified atom stereocenters. The number of fused-ring (bicyclic) bond motifs is 1. The van der Waals surface area contributed by atoms with Crippen LogP contribution in [0.4, 0.5) is 0 Å². The highest BCUT2D eigenvalue weighted by atomic mass is 16.2. The molecule has 7 nitrogen and oxygen atoms in total. The van der Waals surface area contributed by atoms with E-state index in [0.29, 0.717) is 22.5 Å². The minimum atomic E-state index is -0.739. The Hall–Kier alpha value is -3.74. The first-order valence-electron chi connectivity index (χ1n) is 8.45. The standard InChI is InChI=1S/C20H17N5O2/c1-13-18(14(2)25(22-13)15-8-4-3-5-9-15)19(26)20(27)23-24-12-21-16-10-6-7-11-17(16)24/h3-12H,1-2H3,(H,23,27). The van der Waals surface area contributed by atoms with E-state index in [1.807, 2.05) is 54.6 Å². The summed E-state index contributed by atoms with van der Waals surface area (Å²) >= 11 is 0. The minimum Gasteiger partial charge on any atom is -0.283 e. The summed E-state index contributed by atoms with van der Waals surface area (Å²) in [6.07, 6.45) is 1.48. The lowest BCUT2D eigenvalue weighted by Crippen LogP contribution is -2.30. The molecule has 1 amide bonds. The molecule has 134 valence electrons. The Morgan fingerprint density at radius 3 is 2.44 bits per heavy atom. The predicted octanol–water partition coefficient (Wildman–Crippen LogP) is 2.79. The highest BCUT2D eigenvalue weighted by molar-refractivity contribution is 6.46. The summed E-state index contributed by atoms with van der Waals surface area (Å²) in [6, 6.07) is 16.8. The van der Waals surface area contributed by atoms with Crippen LogP contribution in [0.25, 0.3) is 16.7 Å². The number of aromatic nitrogens is 4. The van der Waals surface area contributed by atoms with Crippen LogP contribution in [0, 0.1) is 13.8 Å². The summed E-state index contributed by atoms with van der Waals surface area (Å²) in [5, 5.41) is 4.43. The molecular formula is C20H17N5O2. The number of nitrogens with one attached hydrogen (secondary N) is 1. The molecule has 2 aromatic heterocycles. The van der Waals surface area contributed by atoms with Gasteiger partial charge in [0.2, 0.25) is 0 Å². The van der Waals surface area contributed by atoms with Crippen molar-refractivity contribution in [3.05, 3.63) is 77.9 Å². The van der Waals surface area contributed by atoms with Crippen LogP contribution in [-0.4, -0.2) is 31.1 Å². The molecule has 0 spiro atoms. The number of ketones is 1. The SMILES string of the molecule is Cc1nn(-c2ccccc2)c(C)c1C(=O)C(=O)Nn1cnc2ccccc21. The maximum Gasteiger partial charge on any atom is 0.311 e. The molecule has 4 aromatic rings. The van der Waals surface area contributed by atoms with Crippen LogP contribution in [0.15, 0.2) is 60.9 Å². The van der Waals surface area contributed by atoms with Gasteiger partial charge >= 0.3 is 5.91 Å². The van der Waals surface area contributed by atoms with E-state index in [4.69, 9.17) is 0 Å². The second kappa shape index (κ2) is 6.53. The number of para-hydroxylation sites is 3. The quantitative estimate of drug-likeness (QED) is 0.449. The number of aryl methyl sites for hydroxylation is 1. The summed E-state index contributed by atoms with van der Waals surface area (Å²) in [5.41, 5.74) is 6.31. The third-order valence-corrected chi connectivity index (χ3v) is 4.40. The molecule has 0 saturated carbocycles. The Labute approximate surface area is 155 Å². The molecule has 0 fully saturated rings. The lowest BCUT2D eigenvalue weighted by atomic mass is 10.1. The van der Waals surface area contributed by atoms with Gasteiger partial charge in [0.05, 0.1) is 33.7 Å². The Balaban J connectivity index is 1.65. The van der Waals surface area contributed by atoms with Crippen LogP contribution in [0.1, 0.15) is 21.7 Å². The van der Waals surface area contributed by atoms with Crippen molar-refractivity contribution in [1.29, 1.82) is 0 Å². The molecule has 0 aliphatic heterocycles. The fourth-order valence-corrected chi connectivity index (χ4v) is 3.11. The summed E-state index contributed by atoms with van der Waals surface area (Å²) < 4.78 is 3.12. The molecule has 1 N–H and O–H groups in total. The van der Waals surface area contributed by atoms with Gasteiger partial charge in [0.25, 0.3) is 5.78 Å². The molecule has 2 aromatic carbocycles. The number of carbonyl (C=O) groups is 2. The van der Waals surface area contributed by atoms with E-state index < -0.39 is 11.7 Å². The molecule has 0 aliphatic carbocycles. The van der Waals surface area contributed by atoms with Gasteiger partial charge in [0.15, 0.2) is 0 Å². The third-order valence-electron chi connectivity index (χ3n) is 4.40. The maximum absolute atomic E-state index is 12.8. The molecule has 0 radical (unpaired) electrons. The van der Waals surface area contributed by atoms with Crippen LogP contribution in [-0.2, 0) is 4.79 Å². The zero-order chi connectivity index (χ0) is 19.0. The van der Waals surface area contributed by atoms with Crippen molar-refractivity contribution in [2.24, 2.45) is 0 Å². The maximum atomic E-state index is 12.8. The average molecular weight is 359 g/mol. The van der Waals surface area contributed by atoms with Gasteiger partial charge < -0.3 is 0 Å². The van der Waals surface area contributed by atoms with Gasteiger partial charge in [-0.3, -0.25) is 15.0 Å². The smallest absolute Gasteiger partial charge is 0.283 e. The van der Waals surface area contributed by atoms with Crippen molar-refractivity contribution in [3.8, 4) is 5.69 Å². The Morgan fingerprint density at radius 1 is 0.963 bits per heavy atom. The second-order valence-electron chi connectivity index (χ2n) is 6.17. The molecule has 27 heavy (non-hydrogen) atoms. The summed E-state index contributed by atoms with van der Waals surface area (Å²) in [5.74, 6) is -1.37. The highest BCUT2D eigenvalue weighted by Gasteiger charge is 2.25. The van der Waals surface area contributed by atoms with E-state index in [0.717, 1.165) is 11.2 Å². The first-order valence-corrected chi connectivity index (χ1v) is 8.45. The fraction of sp³-hybridized carbons (Fsp3) is 0.100. The number of imidazole rings is 1. The number of carbonyl (C=O) groups excluding carboxylic acids is 2. The van der Waals surface area contributed by atoms with Crippen LogP contribution in [0.2, 0.25) is 0 Å². The third kappa shape index (κ3) is 2.89. The molecule has 0 atom stereocenters. The van der Waals surface area contributed by atoms with Crippen LogP contribution in [0.3, 0.4) is 0 Å². The lowest BCUT2D eigenvalue weighted by molar-refractivity contribution is -0.113. The number of nitrogens with zero attached hydrogens (tertiary/aromatic N) is 4. The Bertz CT molecular complexity index is 1160. The molecule has 2 heterocycles. The highest BCUT2D eigenvalue weighted by Crippen LogP contribution is 2.19. The van der Waals surface area contributed by atoms with E-state index in [9.17, 15) is 9.59 Å². The van der Waals surface area contributed by atoms with Crippen LogP contribution in [0.5, 0.6) is 0 Å². The molecule has 0 saturated heterocycles. The number of rotatable bonds is 4. The van der Waals surface area contributed by atoms with Crippen molar-refractivity contribution >= 4 is 22.7 Å². The second-order valence-corrected chi connectivity index (χ2v) is 6.17. The zero-order valence-electron chi connectivity index (χ0n) is 14.9. The molecule has 7 heteroatoms. The topological polar surface area (TPSA) is 81.8 Å². The van der Waals surface area contributed by atoms with Crippen LogP contribution < -0.4 is 5.43 Å². The van der Waals surface area contributed by atoms with E-state index in [2.05, 4.69) is 15.5 Å². The van der Waals surface area contributed by atoms with Gasteiger partial charge in [-0.25, -0.2) is 14.3 Å². The van der Waals surface area contributed by atoms with Gasteiger partial charge in [-0.2, -0.15) is 5.10 Å². The Morgan fingerprint density at radius 2 is 1.67 bits per heavy atom. The minimum absolute atomic E-state index is 0.306. The number of hydrogen-bond acceptors (Lipinski definition) is 4. The van der Waals surface area contributed by atoms with Gasteiger partial charge in [0, 0.05) is 0 Å². The molecular weight excluding hydrogens is 342 g/mol. The first kappa shape index (κ1) is 16.7. The normalized spacial score (nSPS) is 10.9. The largest absolute Gasteiger partial charge is 0.311 e. The number of amides is 1. The van der Waals surface area contributed by atoms with Crippen molar-refractivity contribution in [3.63, 3.8) is 0 Å². The summed E-state index contributed by atoms with van der Waals surface area (Å²) in [7, 11) is 0. The predicted molar refractivity (Wildman–Crippen MR) is 101 cm³/mol. The van der Waals surface area contributed by atoms with Crippen molar-refractivity contribution in [2.75, 3.05) is 5.43 Å². The van der Waals surface area contributed by atoms with E-state index in [-0.39, 0.29) is 0 Å². The lowest BCUT2D eigenvalue weighted by Gasteiger charge is -2.07. The van der Waals surface area contributed by atoms with Gasteiger partial charge in [-0.15, -0.1) is 0 Å². The van der Waals surface area contributed by atoms with Gasteiger partial charge in [-0.1, -0.05) is 30.3 Å². The van der Waals surface area contributed by atoms with E-state index in [1.54, 1.807) is 18.5 Å². The molecule has 0 aliphatic rings. The summed E-state index contributed by atoms with van der Waals surface area (Å²) in [4.78, 5) is 29.6. The zero-order valence-corrected chi connectivity index (χ0v) is 14.9. The Kier molecular flexibility index (Phi) is 4.04. The van der Waals surface area contributed by atoms with E-state index >= 15 is 0 Å². The molecule has 4 rings (SSSR count). The number of Topliss-reactive ketones (excluding diaryl/α,β-unsaturated/α-hetero) is 1. The van der Waals surface area contributed by atoms with E-state index in [1.165, 1.54) is 11.0 Å². The average Bonchev–Trinajstić information content (AvgIpc) is 3.22. The monoisotopic (exact) mass is 359 g/mol. The van der Waals surface area contributed by atoms with Crippen molar-refractivity contribution in [1.82, 2.24) is 19.4 Å². The van der Waals surface area contributed by atoms with Crippen molar-refractivity contribution < 1.29 is 9.59 Å². The van der Waals surface area contributed by atoms with Gasteiger partial charge in [-0.05, 0) is 38.1 Å². The fourth-order valence-electron chi connectivity index (χ4n) is 3.11. The van der Waals surface area contributed by atoms with Crippen molar-refractivity contribution in [2.45, 2.75) is 13.8 Å². The molecule has 0 bridgehead atoms. The number of benzene rings is 2. The van der Waals surface area contributed by atoms with Crippen LogP contribution >= 0.6 is 0 Å². The van der Waals surface area contributed by atoms with Gasteiger partial charge in [0.1, 0.15) is 6.33 Å².